The molecule has 1 aliphatic rings. The highest BCUT2D eigenvalue weighted by atomic mass is 32.2. The Morgan fingerprint density at radius 1 is 1.50 bits per heavy atom. The summed E-state index contributed by atoms with van der Waals surface area (Å²) in [5.74, 6) is 0.649. The molecule has 4 nitrogen and oxygen atoms in total. The largest absolute Gasteiger partial charge is 0.389 e. The Kier molecular flexibility index (Phi) is 4.61. The van der Waals surface area contributed by atoms with Crippen LogP contribution in [0.4, 0.5) is 10.1 Å². The first-order chi connectivity index (χ1) is 9.32. The fourth-order valence-corrected chi connectivity index (χ4v) is 5.19. The quantitative estimate of drug-likeness (QED) is 0.921. The fraction of sp³-hybridized carbons (Fsp3) is 0.538. The molecular formula is C13H18FNO3S2. The summed E-state index contributed by atoms with van der Waals surface area (Å²) >= 11 is 1.54. The maximum absolute atomic E-state index is 14.2. The van der Waals surface area contributed by atoms with Gasteiger partial charge in [-0.15, -0.1) is 0 Å². The second-order valence-corrected chi connectivity index (χ2v) is 8.26. The van der Waals surface area contributed by atoms with Crippen molar-refractivity contribution in [2.24, 2.45) is 0 Å². The molecule has 1 aromatic rings. The van der Waals surface area contributed by atoms with E-state index in [9.17, 15) is 17.9 Å². The number of benzene rings is 1. The van der Waals surface area contributed by atoms with Crippen LogP contribution in [0.3, 0.4) is 0 Å². The van der Waals surface area contributed by atoms with Crippen LogP contribution in [0.2, 0.25) is 0 Å². The third-order valence-electron chi connectivity index (χ3n) is 3.33. The molecule has 0 bridgehead atoms. The maximum Gasteiger partial charge on any atom is 0.169 e. The SMILES string of the molecule is C[C@@H](O)c1cccc(F)c1N1CCSCC1S(C)(=O)=O. The van der Waals surface area contributed by atoms with E-state index >= 15 is 0 Å². The van der Waals surface area contributed by atoms with Gasteiger partial charge in [-0.25, -0.2) is 12.8 Å². The van der Waals surface area contributed by atoms with Gasteiger partial charge in [0.25, 0.3) is 0 Å². The third-order valence-corrected chi connectivity index (χ3v) is 5.98. The number of halogens is 1. The Morgan fingerprint density at radius 2 is 2.20 bits per heavy atom. The van der Waals surface area contributed by atoms with Gasteiger partial charge in [0.15, 0.2) is 9.84 Å². The molecule has 2 atom stereocenters. The van der Waals surface area contributed by atoms with Gasteiger partial charge >= 0.3 is 0 Å². The van der Waals surface area contributed by atoms with E-state index in [1.165, 1.54) is 18.4 Å². The van der Waals surface area contributed by atoms with Crippen molar-refractivity contribution in [3.05, 3.63) is 29.6 Å². The minimum Gasteiger partial charge on any atom is -0.389 e. The van der Waals surface area contributed by atoms with Crippen molar-refractivity contribution in [3.8, 4) is 0 Å². The zero-order valence-corrected chi connectivity index (χ0v) is 13.0. The van der Waals surface area contributed by atoms with E-state index in [0.29, 0.717) is 17.9 Å². The molecule has 1 fully saturated rings. The van der Waals surface area contributed by atoms with E-state index in [1.807, 2.05) is 0 Å². The molecule has 1 heterocycles. The van der Waals surface area contributed by atoms with Gasteiger partial charge in [-0.05, 0) is 13.0 Å². The smallest absolute Gasteiger partial charge is 0.169 e. The van der Waals surface area contributed by atoms with E-state index in [2.05, 4.69) is 0 Å². The molecule has 0 radical (unpaired) electrons. The fourth-order valence-electron chi connectivity index (χ4n) is 2.36. The third kappa shape index (κ3) is 3.10. The van der Waals surface area contributed by atoms with Gasteiger partial charge in [0.2, 0.25) is 0 Å². The number of hydrogen-bond donors (Lipinski definition) is 1. The Labute approximate surface area is 122 Å². The van der Waals surface area contributed by atoms with Crippen molar-refractivity contribution in [1.82, 2.24) is 0 Å². The van der Waals surface area contributed by atoms with Gasteiger partial charge in [-0.2, -0.15) is 11.8 Å². The van der Waals surface area contributed by atoms with Crippen LogP contribution in [0.1, 0.15) is 18.6 Å². The van der Waals surface area contributed by atoms with Crippen molar-refractivity contribution in [3.63, 3.8) is 0 Å². The van der Waals surface area contributed by atoms with Gasteiger partial charge in [-0.3, -0.25) is 0 Å². The topological polar surface area (TPSA) is 57.6 Å². The van der Waals surface area contributed by atoms with Crippen LogP contribution in [0.15, 0.2) is 18.2 Å². The van der Waals surface area contributed by atoms with Gasteiger partial charge < -0.3 is 10.0 Å². The van der Waals surface area contributed by atoms with Crippen LogP contribution >= 0.6 is 11.8 Å². The number of anilines is 1. The van der Waals surface area contributed by atoms with E-state index in [1.54, 1.807) is 29.7 Å². The standard InChI is InChI=1S/C13H18FNO3S2/c1-9(16)10-4-3-5-11(14)13(10)15-6-7-19-8-12(15)20(2,17)18/h3-5,9,12,16H,6-8H2,1-2H3/t9-,12?/m1/s1. The molecule has 112 valence electrons. The van der Waals surface area contributed by atoms with Crippen molar-refractivity contribution < 1.29 is 17.9 Å². The number of nitrogens with zero attached hydrogens (tertiary/aromatic N) is 1. The van der Waals surface area contributed by atoms with Crippen molar-refractivity contribution >= 4 is 27.3 Å². The molecule has 7 heteroatoms. The second-order valence-electron chi connectivity index (χ2n) is 4.91. The average molecular weight is 319 g/mol. The van der Waals surface area contributed by atoms with E-state index in [0.717, 1.165) is 5.75 Å². The molecule has 0 amide bonds. The molecule has 1 aromatic carbocycles. The molecule has 1 saturated heterocycles. The first-order valence-corrected chi connectivity index (χ1v) is 9.43. The second kappa shape index (κ2) is 5.91. The molecule has 0 saturated carbocycles. The number of para-hydroxylation sites is 1. The molecule has 1 aliphatic heterocycles. The van der Waals surface area contributed by atoms with Crippen LogP contribution in [-0.4, -0.2) is 43.2 Å². The summed E-state index contributed by atoms with van der Waals surface area (Å²) in [6.07, 6.45) is 0.315. The summed E-state index contributed by atoms with van der Waals surface area (Å²) in [6, 6.07) is 4.45. The zero-order chi connectivity index (χ0) is 14.9. The van der Waals surface area contributed by atoms with Crippen LogP contribution in [0, 0.1) is 5.82 Å². The highest BCUT2D eigenvalue weighted by molar-refractivity contribution is 8.01. The lowest BCUT2D eigenvalue weighted by Gasteiger charge is -2.37. The Balaban J connectivity index is 2.53. The van der Waals surface area contributed by atoms with Gasteiger partial charge in [0.05, 0.1) is 11.8 Å². The predicted octanol–water partition coefficient (Wildman–Crippen LogP) is 1.80. The highest BCUT2D eigenvalue weighted by Gasteiger charge is 2.34. The Bertz CT molecular complexity index is 589. The summed E-state index contributed by atoms with van der Waals surface area (Å²) in [7, 11) is -3.33. The number of sulfone groups is 1. The minimum atomic E-state index is -3.33. The first kappa shape index (κ1) is 15.6. The summed E-state index contributed by atoms with van der Waals surface area (Å²) in [5.41, 5.74) is 0.628. The van der Waals surface area contributed by atoms with Crippen LogP contribution in [0.5, 0.6) is 0 Å². The highest BCUT2D eigenvalue weighted by Crippen LogP contribution is 2.34. The van der Waals surface area contributed by atoms with Gasteiger partial charge in [-0.1, -0.05) is 12.1 Å². The van der Waals surface area contributed by atoms with E-state index in [4.69, 9.17) is 0 Å². The van der Waals surface area contributed by atoms with Crippen LogP contribution in [0.25, 0.3) is 0 Å². The summed E-state index contributed by atoms with van der Waals surface area (Å²) < 4.78 is 38.0. The van der Waals surface area contributed by atoms with Crippen LogP contribution in [-0.2, 0) is 9.84 Å². The first-order valence-electron chi connectivity index (χ1n) is 6.32. The summed E-state index contributed by atoms with van der Waals surface area (Å²) in [4.78, 5) is 1.57. The lowest BCUT2D eigenvalue weighted by molar-refractivity contribution is 0.199. The van der Waals surface area contributed by atoms with E-state index in [-0.39, 0.29) is 5.69 Å². The molecular weight excluding hydrogens is 301 g/mol. The van der Waals surface area contributed by atoms with E-state index < -0.39 is 27.1 Å². The normalized spacial score (nSPS) is 21.8. The number of hydrogen-bond acceptors (Lipinski definition) is 5. The predicted molar refractivity (Wildman–Crippen MR) is 80.3 cm³/mol. The maximum atomic E-state index is 14.2. The molecule has 1 unspecified atom stereocenters. The molecule has 0 aromatic heterocycles. The summed E-state index contributed by atoms with van der Waals surface area (Å²) in [6.45, 7) is 2.00. The molecule has 0 spiro atoms. The molecule has 1 N–H and O–H groups in total. The lowest BCUT2D eigenvalue weighted by atomic mass is 10.1. The monoisotopic (exact) mass is 319 g/mol. The average Bonchev–Trinajstić information content (AvgIpc) is 2.37. The van der Waals surface area contributed by atoms with Gasteiger partial charge in [0, 0.05) is 29.9 Å². The summed E-state index contributed by atoms with van der Waals surface area (Å²) in [5, 5.41) is 9.05. The molecule has 20 heavy (non-hydrogen) atoms. The number of aliphatic hydroxyl groups is 1. The molecule has 0 aliphatic carbocycles. The Hall–Kier alpha value is -0.790. The number of rotatable bonds is 3. The van der Waals surface area contributed by atoms with Crippen LogP contribution < -0.4 is 4.90 Å². The zero-order valence-electron chi connectivity index (χ0n) is 11.4. The Morgan fingerprint density at radius 3 is 2.80 bits per heavy atom. The van der Waals surface area contributed by atoms with Gasteiger partial charge in [0.1, 0.15) is 11.2 Å². The van der Waals surface area contributed by atoms with Crippen molar-refractivity contribution in [2.75, 3.05) is 29.2 Å². The van der Waals surface area contributed by atoms with Crippen molar-refractivity contribution in [1.29, 1.82) is 0 Å². The number of aliphatic hydroxyl groups excluding tert-OH is 1. The van der Waals surface area contributed by atoms with Crippen molar-refractivity contribution in [2.45, 2.75) is 18.4 Å². The number of thioether (sulfide) groups is 1. The molecule has 2 rings (SSSR count). The lowest BCUT2D eigenvalue weighted by Crippen LogP contribution is -2.47. The minimum absolute atomic E-state index is 0.207.